The molecule has 1 aliphatic rings. The number of aliphatic imine (C=N–C) groups is 1. The number of carbonyl (C=O) groups excluding carboxylic acids is 1. The highest BCUT2D eigenvalue weighted by Gasteiger charge is 2.14. The number of ether oxygens (including phenoxy) is 1. The quantitative estimate of drug-likeness (QED) is 0.581. The Morgan fingerprint density at radius 2 is 1.77 bits per heavy atom. The number of morpholine rings is 1. The molecule has 0 spiro atoms. The van der Waals surface area contributed by atoms with E-state index in [1.165, 1.54) is 6.07 Å². The molecular formula is C22H26F2N4O2. The summed E-state index contributed by atoms with van der Waals surface area (Å²) in [4.78, 5) is 19.3. The predicted octanol–water partition coefficient (Wildman–Crippen LogP) is 3.11. The fourth-order valence-corrected chi connectivity index (χ4v) is 3.24. The largest absolute Gasteiger partial charge is 0.379 e. The molecule has 2 aromatic rings. The van der Waals surface area contributed by atoms with Gasteiger partial charge < -0.3 is 10.1 Å². The molecule has 1 heterocycles. The van der Waals surface area contributed by atoms with Crippen LogP contribution in [0, 0.1) is 25.5 Å². The van der Waals surface area contributed by atoms with Crippen molar-refractivity contribution in [1.29, 1.82) is 0 Å². The minimum atomic E-state index is -1.07. The second kappa shape index (κ2) is 10.3. The number of nitrogens with zero attached hydrogens (tertiary/aromatic N) is 2. The molecule has 2 aromatic carbocycles. The Morgan fingerprint density at radius 3 is 2.43 bits per heavy atom. The molecule has 1 aliphatic heterocycles. The van der Waals surface area contributed by atoms with Gasteiger partial charge in [-0.05, 0) is 55.3 Å². The van der Waals surface area contributed by atoms with E-state index in [1.54, 1.807) is 0 Å². The van der Waals surface area contributed by atoms with Crippen LogP contribution in [-0.2, 0) is 4.74 Å². The number of rotatable bonds is 5. The lowest BCUT2D eigenvalue weighted by atomic mass is 10.1. The number of benzene rings is 2. The molecule has 0 aliphatic carbocycles. The van der Waals surface area contributed by atoms with Crippen molar-refractivity contribution in [2.45, 2.75) is 13.8 Å². The third-order valence-electron chi connectivity index (χ3n) is 4.69. The molecule has 0 saturated carbocycles. The number of amides is 1. The predicted molar refractivity (Wildman–Crippen MR) is 113 cm³/mol. The Hall–Kier alpha value is -2.84. The van der Waals surface area contributed by atoms with Gasteiger partial charge in [0.05, 0.1) is 19.8 Å². The maximum atomic E-state index is 13.5. The molecule has 1 fully saturated rings. The Bertz CT molecular complexity index is 907. The average molecular weight is 416 g/mol. The molecule has 8 heteroatoms. The zero-order chi connectivity index (χ0) is 21.5. The summed E-state index contributed by atoms with van der Waals surface area (Å²) in [7, 11) is 0. The number of hydrogen-bond acceptors (Lipinski definition) is 4. The first-order chi connectivity index (χ1) is 14.4. The Morgan fingerprint density at radius 1 is 1.07 bits per heavy atom. The van der Waals surface area contributed by atoms with E-state index in [2.05, 4.69) is 20.5 Å². The van der Waals surface area contributed by atoms with Crippen molar-refractivity contribution in [3.8, 4) is 0 Å². The van der Waals surface area contributed by atoms with Crippen molar-refractivity contribution in [2.24, 2.45) is 4.99 Å². The highest BCUT2D eigenvalue weighted by atomic mass is 19.2. The van der Waals surface area contributed by atoms with Crippen LogP contribution in [0.5, 0.6) is 0 Å². The van der Waals surface area contributed by atoms with Crippen LogP contribution in [0.1, 0.15) is 21.5 Å². The van der Waals surface area contributed by atoms with Gasteiger partial charge in [-0.25, -0.2) is 8.78 Å². The highest BCUT2D eigenvalue weighted by Crippen LogP contribution is 2.14. The normalized spacial score (nSPS) is 15.1. The van der Waals surface area contributed by atoms with Crippen molar-refractivity contribution >= 4 is 17.6 Å². The average Bonchev–Trinajstić information content (AvgIpc) is 2.70. The van der Waals surface area contributed by atoms with Gasteiger partial charge in [0.2, 0.25) is 5.96 Å². The van der Waals surface area contributed by atoms with Crippen LogP contribution in [0.15, 0.2) is 41.4 Å². The van der Waals surface area contributed by atoms with E-state index in [0.29, 0.717) is 19.8 Å². The molecule has 1 saturated heterocycles. The molecule has 30 heavy (non-hydrogen) atoms. The molecule has 3 rings (SSSR count). The Balaban J connectivity index is 1.73. The molecule has 6 nitrogen and oxygen atoms in total. The van der Waals surface area contributed by atoms with Gasteiger partial charge in [-0.15, -0.1) is 0 Å². The first-order valence-corrected chi connectivity index (χ1v) is 9.87. The summed E-state index contributed by atoms with van der Waals surface area (Å²) in [6, 6.07) is 8.95. The van der Waals surface area contributed by atoms with Crippen molar-refractivity contribution in [3.63, 3.8) is 0 Å². The number of anilines is 1. The number of nitrogens with one attached hydrogen (secondary N) is 2. The van der Waals surface area contributed by atoms with Gasteiger partial charge in [-0.2, -0.15) is 0 Å². The third-order valence-corrected chi connectivity index (χ3v) is 4.69. The van der Waals surface area contributed by atoms with E-state index in [1.807, 2.05) is 32.0 Å². The molecule has 0 unspecified atom stereocenters. The molecule has 160 valence electrons. The third kappa shape index (κ3) is 6.33. The van der Waals surface area contributed by atoms with Crippen molar-refractivity contribution in [3.05, 3.63) is 64.7 Å². The molecular weight excluding hydrogens is 390 g/mol. The summed E-state index contributed by atoms with van der Waals surface area (Å²) < 4.78 is 32.0. The van der Waals surface area contributed by atoms with Gasteiger partial charge in [-0.1, -0.05) is 6.07 Å². The zero-order valence-corrected chi connectivity index (χ0v) is 17.2. The van der Waals surface area contributed by atoms with Crippen molar-refractivity contribution < 1.29 is 18.3 Å². The zero-order valence-electron chi connectivity index (χ0n) is 17.2. The van der Waals surface area contributed by atoms with E-state index >= 15 is 0 Å². The van der Waals surface area contributed by atoms with Crippen LogP contribution in [-0.4, -0.2) is 56.2 Å². The van der Waals surface area contributed by atoms with Gasteiger partial charge in [0.25, 0.3) is 5.91 Å². The molecule has 0 bridgehead atoms. The second-order valence-corrected chi connectivity index (χ2v) is 7.27. The lowest BCUT2D eigenvalue weighted by Gasteiger charge is -2.25. The van der Waals surface area contributed by atoms with Crippen LogP contribution >= 0.6 is 0 Å². The van der Waals surface area contributed by atoms with Crippen LogP contribution in [0.4, 0.5) is 14.5 Å². The monoisotopic (exact) mass is 416 g/mol. The van der Waals surface area contributed by atoms with Crippen molar-refractivity contribution in [2.75, 3.05) is 44.7 Å². The van der Waals surface area contributed by atoms with Gasteiger partial charge in [-0.3, -0.25) is 20.0 Å². The first-order valence-electron chi connectivity index (χ1n) is 9.87. The first kappa shape index (κ1) is 21.9. The standard InChI is InChI=1S/C22H26F2N4O2/c1-15-11-16(2)13-18(12-15)26-22(25-5-6-28-7-9-30-10-8-28)27-21(29)17-3-4-19(23)20(24)14-17/h3-4,11-14H,5-10H2,1-2H3,(H2,25,26,27,29). The number of guanidine groups is 1. The van der Waals surface area contributed by atoms with Crippen LogP contribution < -0.4 is 10.6 Å². The molecule has 2 N–H and O–H groups in total. The topological polar surface area (TPSA) is 66.0 Å². The van der Waals surface area contributed by atoms with E-state index in [-0.39, 0.29) is 11.5 Å². The molecule has 0 atom stereocenters. The number of halogens is 2. The van der Waals surface area contributed by atoms with Crippen LogP contribution in [0.2, 0.25) is 0 Å². The Kier molecular flexibility index (Phi) is 7.48. The fraction of sp³-hybridized carbons (Fsp3) is 0.364. The summed E-state index contributed by atoms with van der Waals surface area (Å²) in [6.07, 6.45) is 0. The van der Waals surface area contributed by atoms with E-state index in [0.717, 1.165) is 48.6 Å². The Labute approximate surface area is 174 Å². The second-order valence-electron chi connectivity index (χ2n) is 7.27. The van der Waals surface area contributed by atoms with Gasteiger partial charge in [0, 0.05) is 30.9 Å². The maximum absolute atomic E-state index is 13.5. The summed E-state index contributed by atoms with van der Waals surface area (Å²) in [5.41, 5.74) is 2.93. The summed E-state index contributed by atoms with van der Waals surface area (Å²) in [5.74, 6) is -2.39. The van der Waals surface area contributed by atoms with Gasteiger partial charge in [0.1, 0.15) is 0 Å². The summed E-state index contributed by atoms with van der Waals surface area (Å²) >= 11 is 0. The SMILES string of the molecule is Cc1cc(C)cc(NC(=NCCN2CCOCC2)NC(=O)c2ccc(F)c(F)c2)c1. The van der Waals surface area contributed by atoms with E-state index < -0.39 is 17.5 Å². The lowest BCUT2D eigenvalue weighted by molar-refractivity contribution is 0.0394. The molecule has 0 aromatic heterocycles. The number of carbonyl (C=O) groups is 1. The van der Waals surface area contributed by atoms with Crippen LogP contribution in [0.3, 0.4) is 0 Å². The molecule has 1 amide bonds. The van der Waals surface area contributed by atoms with Gasteiger partial charge >= 0.3 is 0 Å². The number of aryl methyl sites for hydroxylation is 2. The van der Waals surface area contributed by atoms with Gasteiger partial charge in [0.15, 0.2) is 11.6 Å². The summed E-state index contributed by atoms with van der Waals surface area (Å²) in [6.45, 7) is 8.23. The van der Waals surface area contributed by atoms with Crippen molar-refractivity contribution in [1.82, 2.24) is 10.2 Å². The van der Waals surface area contributed by atoms with E-state index in [4.69, 9.17) is 4.74 Å². The van der Waals surface area contributed by atoms with Crippen LogP contribution in [0.25, 0.3) is 0 Å². The maximum Gasteiger partial charge on any atom is 0.258 e. The summed E-state index contributed by atoms with van der Waals surface area (Å²) in [5, 5.41) is 5.80. The fourth-order valence-electron chi connectivity index (χ4n) is 3.24. The molecule has 0 radical (unpaired) electrons. The minimum Gasteiger partial charge on any atom is -0.379 e. The lowest BCUT2D eigenvalue weighted by Crippen LogP contribution is -2.39. The van der Waals surface area contributed by atoms with E-state index in [9.17, 15) is 13.6 Å². The minimum absolute atomic E-state index is 0.0111. The number of hydrogen-bond donors (Lipinski definition) is 2. The highest BCUT2D eigenvalue weighted by molar-refractivity contribution is 6.10. The smallest absolute Gasteiger partial charge is 0.258 e.